The minimum absolute atomic E-state index is 0.154. The van der Waals surface area contributed by atoms with Gasteiger partial charge in [0.2, 0.25) is 0 Å². The lowest BCUT2D eigenvalue weighted by molar-refractivity contribution is -0.136. The molecule has 0 bridgehead atoms. The largest absolute Gasteiger partial charge is 0.481 e. The van der Waals surface area contributed by atoms with Crippen molar-refractivity contribution in [1.82, 2.24) is 0 Å². The zero-order valence-electron chi connectivity index (χ0n) is 6.58. The van der Waals surface area contributed by atoms with E-state index >= 15 is 0 Å². The number of carboxylic acids is 1. The molecule has 60 valence electrons. The van der Waals surface area contributed by atoms with Crippen molar-refractivity contribution in [2.45, 2.75) is 19.8 Å². The van der Waals surface area contributed by atoms with Crippen molar-refractivity contribution in [2.75, 3.05) is 0 Å². The van der Waals surface area contributed by atoms with E-state index in [2.05, 4.69) is 6.92 Å². The van der Waals surface area contributed by atoms with Crippen LogP contribution < -0.4 is 0 Å². The quantitative estimate of drug-likeness (QED) is 0.657. The number of hydrogen-bond acceptors (Lipinski definition) is 1. The summed E-state index contributed by atoms with van der Waals surface area (Å²) in [7, 11) is 0. The molecule has 1 aliphatic carbocycles. The molecule has 0 spiro atoms. The molecule has 0 amide bonds. The van der Waals surface area contributed by atoms with Crippen LogP contribution in [0.2, 0.25) is 0 Å². The molecule has 1 aliphatic rings. The van der Waals surface area contributed by atoms with Crippen molar-refractivity contribution in [3.05, 3.63) is 23.8 Å². The predicted octanol–water partition coefficient (Wildman–Crippen LogP) is 1.98. The van der Waals surface area contributed by atoms with Gasteiger partial charge in [-0.05, 0) is 17.9 Å². The first-order chi connectivity index (χ1) is 5.18. The molecule has 2 nitrogen and oxygen atoms in total. The first kappa shape index (κ1) is 8.05. The second-order valence-corrected chi connectivity index (χ2v) is 2.93. The van der Waals surface area contributed by atoms with Crippen LogP contribution in [0.5, 0.6) is 0 Å². The summed E-state index contributed by atoms with van der Waals surface area (Å²) in [5.41, 5.74) is 0.927. The van der Waals surface area contributed by atoms with Gasteiger partial charge < -0.3 is 5.11 Å². The van der Waals surface area contributed by atoms with Gasteiger partial charge in [0.05, 0.1) is 6.42 Å². The fraction of sp³-hybridized carbons (Fsp3) is 0.444. The fourth-order valence-electron chi connectivity index (χ4n) is 1.22. The topological polar surface area (TPSA) is 37.3 Å². The van der Waals surface area contributed by atoms with Gasteiger partial charge in [-0.15, -0.1) is 0 Å². The number of carbonyl (C=O) groups is 1. The molecule has 0 radical (unpaired) electrons. The molecule has 1 atom stereocenters. The number of rotatable bonds is 2. The SMILES string of the molecule is C[C@H]1C=C(CC(=O)O)C=CC1. The molecule has 0 aromatic heterocycles. The van der Waals surface area contributed by atoms with Gasteiger partial charge in [0.15, 0.2) is 0 Å². The molecule has 0 fully saturated rings. The zero-order valence-corrected chi connectivity index (χ0v) is 6.58. The summed E-state index contributed by atoms with van der Waals surface area (Å²) in [5.74, 6) is -0.260. The van der Waals surface area contributed by atoms with E-state index in [1.165, 1.54) is 0 Å². The third-order valence-electron chi connectivity index (χ3n) is 1.69. The van der Waals surface area contributed by atoms with Gasteiger partial charge in [-0.25, -0.2) is 0 Å². The van der Waals surface area contributed by atoms with Gasteiger partial charge in [-0.1, -0.05) is 25.2 Å². The molecule has 0 saturated carbocycles. The van der Waals surface area contributed by atoms with Crippen molar-refractivity contribution in [1.29, 1.82) is 0 Å². The second kappa shape index (κ2) is 3.37. The molecule has 0 aromatic rings. The Morgan fingerprint density at radius 2 is 2.55 bits per heavy atom. The summed E-state index contributed by atoms with van der Waals surface area (Å²) >= 11 is 0. The highest BCUT2D eigenvalue weighted by Gasteiger charge is 2.06. The number of allylic oxidation sites excluding steroid dienone is 3. The maximum atomic E-state index is 10.3. The summed E-state index contributed by atoms with van der Waals surface area (Å²) in [6, 6.07) is 0. The van der Waals surface area contributed by atoms with Gasteiger partial charge in [0, 0.05) is 0 Å². The Hall–Kier alpha value is -1.05. The molecule has 2 heteroatoms. The van der Waals surface area contributed by atoms with Crippen LogP contribution in [0.15, 0.2) is 23.8 Å². The summed E-state index contributed by atoms with van der Waals surface area (Å²) in [4.78, 5) is 10.3. The monoisotopic (exact) mass is 152 g/mol. The average Bonchev–Trinajstić information content (AvgIpc) is 1.85. The number of carboxylic acid groups (broad SMARTS) is 1. The number of aliphatic carboxylic acids is 1. The van der Waals surface area contributed by atoms with Gasteiger partial charge in [0.25, 0.3) is 0 Å². The van der Waals surface area contributed by atoms with Crippen LogP contribution in [0.1, 0.15) is 19.8 Å². The molecule has 0 aromatic carbocycles. The Balaban J connectivity index is 2.57. The Labute approximate surface area is 66.2 Å². The Bertz CT molecular complexity index is 214. The van der Waals surface area contributed by atoms with E-state index in [1.807, 2.05) is 18.2 Å². The average molecular weight is 152 g/mol. The van der Waals surface area contributed by atoms with Crippen LogP contribution in [-0.2, 0) is 4.79 Å². The molecule has 1 rings (SSSR count). The second-order valence-electron chi connectivity index (χ2n) is 2.93. The summed E-state index contributed by atoms with van der Waals surface area (Å²) in [6.45, 7) is 2.09. The van der Waals surface area contributed by atoms with E-state index in [1.54, 1.807) is 0 Å². The van der Waals surface area contributed by atoms with Gasteiger partial charge in [-0.3, -0.25) is 4.79 Å². The smallest absolute Gasteiger partial charge is 0.307 e. The Kier molecular flexibility index (Phi) is 2.47. The Morgan fingerprint density at radius 1 is 1.82 bits per heavy atom. The maximum absolute atomic E-state index is 10.3. The third-order valence-corrected chi connectivity index (χ3v) is 1.69. The van der Waals surface area contributed by atoms with Gasteiger partial charge >= 0.3 is 5.97 Å². The van der Waals surface area contributed by atoms with Gasteiger partial charge in [0.1, 0.15) is 0 Å². The third kappa shape index (κ3) is 2.58. The Morgan fingerprint density at radius 3 is 3.09 bits per heavy atom. The van der Waals surface area contributed by atoms with E-state index in [0.29, 0.717) is 5.92 Å². The lowest BCUT2D eigenvalue weighted by atomic mass is 9.96. The summed E-state index contributed by atoms with van der Waals surface area (Å²) in [6.07, 6.45) is 7.13. The van der Waals surface area contributed by atoms with Gasteiger partial charge in [-0.2, -0.15) is 0 Å². The molecule has 0 aliphatic heterocycles. The minimum Gasteiger partial charge on any atom is -0.481 e. The molecular weight excluding hydrogens is 140 g/mol. The van der Waals surface area contributed by atoms with Crippen LogP contribution in [0.4, 0.5) is 0 Å². The molecule has 0 heterocycles. The normalized spacial score (nSPS) is 23.0. The summed E-state index contributed by atoms with van der Waals surface area (Å²) < 4.78 is 0. The highest BCUT2D eigenvalue weighted by molar-refractivity contribution is 5.71. The predicted molar refractivity (Wildman–Crippen MR) is 43.3 cm³/mol. The van der Waals surface area contributed by atoms with Crippen LogP contribution in [-0.4, -0.2) is 11.1 Å². The molecular formula is C9H12O2. The first-order valence-electron chi connectivity index (χ1n) is 3.77. The van der Waals surface area contributed by atoms with Crippen molar-refractivity contribution in [3.8, 4) is 0 Å². The van der Waals surface area contributed by atoms with E-state index in [4.69, 9.17) is 5.11 Å². The van der Waals surface area contributed by atoms with Crippen LogP contribution >= 0.6 is 0 Å². The first-order valence-corrected chi connectivity index (χ1v) is 3.77. The summed E-state index contributed by atoms with van der Waals surface area (Å²) in [5, 5.41) is 8.48. The highest BCUT2D eigenvalue weighted by atomic mass is 16.4. The van der Waals surface area contributed by atoms with E-state index in [9.17, 15) is 4.79 Å². The maximum Gasteiger partial charge on any atom is 0.307 e. The van der Waals surface area contributed by atoms with Crippen molar-refractivity contribution < 1.29 is 9.90 Å². The van der Waals surface area contributed by atoms with Crippen LogP contribution in [0.3, 0.4) is 0 Å². The van der Waals surface area contributed by atoms with Crippen molar-refractivity contribution >= 4 is 5.97 Å². The lowest BCUT2D eigenvalue weighted by Gasteiger charge is -2.09. The van der Waals surface area contributed by atoms with Crippen LogP contribution in [0.25, 0.3) is 0 Å². The number of hydrogen-bond donors (Lipinski definition) is 1. The van der Waals surface area contributed by atoms with Crippen molar-refractivity contribution in [2.24, 2.45) is 5.92 Å². The van der Waals surface area contributed by atoms with Crippen LogP contribution in [0, 0.1) is 5.92 Å². The standard InChI is InChI=1S/C9H12O2/c1-7-3-2-4-8(5-7)6-9(10)11/h2,4-5,7H,3,6H2,1H3,(H,10,11)/t7-/m1/s1. The lowest BCUT2D eigenvalue weighted by Crippen LogP contribution is -2.00. The molecule has 0 unspecified atom stereocenters. The molecule has 1 N–H and O–H groups in total. The zero-order chi connectivity index (χ0) is 8.27. The highest BCUT2D eigenvalue weighted by Crippen LogP contribution is 2.17. The fourth-order valence-corrected chi connectivity index (χ4v) is 1.22. The van der Waals surface area contributed by atoms with E-state index < -0.39 is 5.97 Å². The van der Waals surface area contributed by atoms with Crippen molar-refractivity contribution in [3.63, 3.8) is 0 Å². The molecule has 11 heavy (non-hydrogen) atoms. The van der Waals surface area contributed by atoms with E-state index in [0.717, 1.165) is 12.0 Å². The minimum atomic E-state index is -0.755. The molecule has 0 saturated heterocycles. The van der Waals surface area contributed by atoms with E-state index in [-0.39, 0.29) is 6.42 Å².